The maximum atomic E-state index is 4.43. The first kappa shape index (κ1) is 17.6. The van der Waals surface area contributed by atoms with Crippen molar-refractivity contribution in [3.8, 4) is 0 Å². The fraction of sp³-hybridized carbons (Fsp3) is 0.231. The van der Waals surface area contributed by atoms with Gasteiger partial charge < -0.3 is 4.98 Å². The van der Waals surface area contributed by atoms with Crippen LogP contribution in [0.4, 0.5) is 0 Å². The van der Waals surface area contributed by atoms with Crippen LogP contribution in [-0.2, 0) is 0 Å². The van der Waals surface area contributed by atoms with E-state index in [4.69, 9.17) is 0 Å². The number of nitrogens with one attached hydrogen (secondary N) is 1. The number of aromatic nitrogens is 1. The summed E-state index contributed by atoms with van der Waals surface area (Å²) < 4.78 is 0. The zero-order valence-corrected chi connectivity index (χ0v) is 16.7. The minimum absolute atomic E-state index is 0.894. The Bertz CT molecular complexity index is 1100. The molecular formula is C26H27N. The highest BCUT2D eigenvalue weighted by Gasteiger charge is 2.17. The van der Waals surface area contributed by atoms with Crippen LogP contribution in [0.3, 0.4) is 0 Å². The maximum Gasteiger partial charge on any atom is 0.0464 e. The highest BCUT2D eigenvalue weighted by Crippen LogP contribution is 2.37. The number of allylic oxidation sites excluding steroid dienone is 5. The first-order valence-electron chi connectivity index (χ1n) is 9.69. The normalized spacial score (nSPS) is 13.8. The van der Waals surface area contributed by atoms with Crippen molar-refractivity contribution in [2.75, 3.05) is 0 Å². The van der Waals surface area contributed by atoms with Crippen LogP contribution >= 0.6 is 0 Å². The minimum Gasteiger partial charge on any atom is -0.355 e. The summed E-state index contributed by atoms with van der Waals surface area (Å²) in [5.41, 5.74) is 13.0. The van der Waals surface area contributed by atoms with Gasteiger partial charge in [0.1, 0.15) is 0 Å². The van der Waals surface area contributed by atoms with Crippen LogP contribution < -0.4 is 0 Å². The first-order chi connectivity index (χ1) is 13.0. The lowest BCUT2D eigenvalue weighted by Gasteiger charge is -2.15. The first-order valence-corrected chi connectivity index (χ1v) is 9.69. The number of H-pyrrole nitrogens is 1. The third kappa shape index (κ3) is 3.08. The average Bonchev–Trinajstić information content (AvgIpc) is 3.25. The molecule has 27 heavy (non-hydrogen) atoms. The van der Waals surface area contributed by atoms with Crippen molar-refractivity contribution in [2.24, 2.45) is 0 Å². The van der Waals surface area contributed by atoms with E-state index in [0.29, 0.717) is 0 Å². The van der Waals surface area contributed by atoms with E-state index in [2.05, 4.69) is 87.8 Å². The van der Waals surface area contributed by atoms with E-state index in [0.717, 1.165) is 12.8 Å². The van der Waals surface area contributed by atoms with Crippen LogP contribution in [0.25, 0.3) is 22.0 Å². The Labute approximate surface area is 162 Å². The largest absolute Gasteiger partial charge is 0.355 e. The fourth-order valence-electron chi connectivity index (χ4n) is 4.30. The number of benzene rings is 2. The molecule has 0 unspecified atom stereocenters. The van der Waals surface area contributed by atoms with Gasteiger partial charge in [0.05, 0.1) is 0 Å². The van der Waals surface area contributed by atoms with Gasteiger partial charge in [0.25, 0.3) is 0 Å². The number of hydrogen-bond donors (Lipinski definition) is 1. The molecule has 1 aliphatic carbocycles. The van der Waals surface area contributed by atoms with Gasteiger partial charge in [-0.15, -0.1) is 0 Å². The summed E-state index contributed by atoms with van der Waals surface area (Å²) in [5, 5.41) is 1.32. The molecule has 0 atom stereocenters. The molecule has 136 valence electrons. The average molecular weight is 354 g/mol. The van der Waals surface area contributed by atoms with Gasteiger partial charge in [0, 0.05) is 16.6 Å². The number of fused-ring (bicyclic) bond motifs is 1. The molecule has 0 saturated carbocycles. The number of rotatable bonds is 4. The Morgan fingerprint density at radius 1 is 0.963 bits per heavy atom. The van der Waals surface area contributed by atoms with Crippen molar-refractivity contribution in [3.05, 3.63) is 94.2 Å². The molecule has 0 amide bonds. The molecule has 4 rings (SSSR count). The lowest BCUT2D eigenvalue weighted by atomic mass is 9.90. The van der Waals surface area contributed by atoms with E-state index in [1.165, 1.54) is 61.1 Å². The van der Waals surface area contributed by atoms with E-state index in [1.54, 1.807) is 0 Å². The summed E-state index contributed by atoms with van der Waals surface area (Å²) in [5.74, 6) is 0. The molecule has 0 aliphatic heterocycles. The second-order valence-corrected chi connectivity index (χ2v) is 7.78. The molecular weight excluding hydrogens is 326 g/mol. The molecule has 0 fully saturated rings. The van der Waals surface area contributed by atoms with E-state index in [1.807, 2.05) is 0 Å². The van der Waals surface area contributed by atoms with Crippen LogP contribution in [0.2, 0.25) is 0 Å². The Morgan fingerprint density at radius 3 is 2.44 bits per heavy atom. The van der Waals surface area contributed by atoms with Gasteiger partial charge >= 0.3 is 0 Å². The van der Waals surface area contributed by atoms with Gasteiger partial charge in [-0.2, -0.15) is 0 Å². The standard InChI is InChI=1S/C26H27N/c1-16-12-13-24-23(20(16)5)15-25(27-24)22-11-7-10-21(22)14-19(4)26-17(2)8-6-9-18(26)3/h6,8-13,15,27H,4,7,14H2,1-3,5H3. The molecule has 1 heteroatoms. The van der Waals surface area contributed by atoms with Crippen LogP contribution in [0.5, 0.6) is 0 Å². The molecule has 2 aromatic carbocycles. The fourth-order valence-corrected chi connectivity index (χ4v) is 4.30. The van der Waals surface area contributed by atoms with Crippen molar-refractivity contribution < 1.29 is 0 Å². The van der Waals surface area contributed by atoms with E-state index >= 15 is 0 Å². The SMILES string of the molecule is C=C(CC1=CCC=C1c1cc2c(C)c(C)ccc2[nH]1)c1c(C)cccc1C. The third-order valence-electron chi connectivity index (χ3n) is 5.90. The molecule has 1 aliphatic rings. The molecule has 1 N–H and O–H groups in total. The quantitative estimate of drug-likeness (QED) is 0.509. The van der Waals surface area contributed by atoms with Crippen molar-refractivity contribution in [2.45, 2.75) is 40.5 Å². The summed E-state index contributed by atoms with van der Waals surface area (Å²) in [6.45, 7) is 13.2. The Hall–Kier alpha value is -2.80. The van der Waals surface area contributed by atoms with Crippen LogP contribution in [0, 0.1) is 27.7 Å². The van der Waals surface area contributed by atoms with Gasteiger partial charge in [0.15, 0.2) is 0 Å². The van der Waals surface area contributed by atoms with Crippen LogP contribution in [0.15, 0.2) is 60.7 Å². The highest BCUT2D eigenvalue weighted by molar-refractivity contribution is 5.92. The lowest BCUT2D eigenvalue weighted by molar-refractivity contribution is 1.24. The Kier molecular flexibility index (Phi) is 4.39. The van der Waals surface area contributed by atoms with E-state index in [-0.39, 0.29) is 0 Å². The predicted octanol–water partition coefficient (Wildman–Crippen LogP) is 7.22. The number of hydrogen-bond acceptors (Lipinski definition) is 0. The smallest absolute Gasteiger partial charge is 0.0464 e. The van der Waals surface area contributed by atoms with Gasteiger partial charge in [0.2, 0.25) is 0 Å². The Balaban J connectivity index is 1.65. The molecule has 3 aromatic rings. The van der Waals surface area contributed by atoms with Gasteiger partial charge in [-0.05, 0) is 97.2 Å². The Morgan fingerprint density at radius 2 is 1.70 bits per heavy atom. The molecule has 0 radical (unpaired) electrons. The second kappa shape index (κ2) is 6.74. The number of aromatic amines is 1. The summed E-state index contributed by atoms with van der Waals surface area (Å²) in [6, 6.07) is 13.2. The third-order valence-corrected chi connectivity index (χ3v) is 5.90. The summed E-state index contributed by atoms with van der Waals surface area (Å²) >= 11 is 0. The lowest BCUT2D eigenvalue weighted by Crippen LogP contribution is -1.95. The second-order valence-electron chi connectivity index (χ2n) is 7.78. The maximum absolute atomic E-state index is 4.43. The van der Waals surface area contributed by atoms with Crippen molar-refractivity contribution in [3.63, 3.8) is 0 Å². The van der Waals surface area contributed by atoms with E-state index in [9.17, 15) is 0 Å². The van der Waals surface area contributed by atoms with Gasteiger partial charge in [-0.3, -0.25) is 0 Å². The number of aryl methyl sites for hydroxylation is 4. The molecule has 0 saturated heterocycles. The highest BCUT2D eigenvalue weighted by atomic mass is 14.7. The van der Waals surface area contributed by atoms with Crippen molar-refractivity contribution in [1.82, 2.24) is 4.98 Å². The van der Waals surface area contributed by atoms with Crippen molar-refractivity contribution >= 4 is 22.0 Å². The van der Waals surface area contributed by atoms with Crippen molar-refractivity contribution in [1.29, 1.82) is 0 Å². The van der Waals surface area contributed by atoms with E-state index < -0.39 is 0 Å². The molecule has 1 nitrogen and oxygen atoms in total. The molecule has 1 heterocycles. The zero-order valence-electron chi connectivity index (χ0n) is 16.7. The van der Waals surface area contributed by atoms with Gasteiger partial charge in [-0.25, -0.2) is 0 Å². The predicted molar refractivity (Wildman–Crippen MR) is 118 cm³/mol. The summed E-state index contributed by atoms with van der Waals surface area (Å²) in [7, 11) is 0. The molecule has 1 aromatic heterocycles. The van der Waals surface area contributed by atoms with Crippen LogP contribution in [0.1, 0.15) is 46.4 Å². The van der Waals surface area contributed by atoms with Crippen LogP contribution in [-0.4, -0.2) is 4.98 Å². The van der Waals surface area contributed by atoms with Gasteiger partial charge in [-0.1, -0.05) is 43.0 Å². The topological polar surface area (TPSA) is 15.8 Å². The molecule has 0 spiro atoms. The summed E-state index contributed by atoms with van der Waals surface area (Å²) in [4.78, 5) is 3.63. The summed E-state index contributed by atoms with van der Waals surface area (Å²) in [6.07, 6.45) is 6.57. The zero-order chi connectivity index (χ0) is 19.1. The minimum atomic E-state index is 0.894. The monoisotopic (exact) mass is 353 g/mol. The molecule has 0 bridgehead atoms.